The third-order valence-electron chi connectivity index (χ3n) is 2.64. The second kappa shape index (κ2) is 3.59. The van der Waals surface area contributed by atoms with Crippen molar-refractivity contribution in [3.05, 3.63) is 6.20 Å². The molecule has 1 heterocycles. The fourth-order valence-electron chi connectivity index (χ4n) is 1.91. The van der Waals surface area contributed by atoms with Crippen LogP contribution in [0.15, 0.2) is 6.20 Å². The molecule has 0 bridgehead atoms. The molecule has 0 unspecified atom stereocenters. The number of hydrogen-bond donors (Lipinski definition) is 1. The molecule has 0 aliphatic heterocycles. The van der Waals surface area contributed by atoms with Gasteiger partial charge in [0.05, 0.1) is 12.3 Å². The predicted octanol–water partition coefficient (Wildman–Crippen LogP) is 1.42. The molecule has 15 heavy (non-hydrogen) atoms. The van der Waals surface area contributed by atoms with Gasteiger partial charge in [0.1, 0.15) is 10.4 Å². The van der Waals surface area contributed by atoms with Gasteiger partial charge >= 0.3 is 0 Å². The second-order valence-electron chi connectivity index (χ2n) is 3.94. The molecule has 1 amide bonds. The van der Waals surface area contributed by atoms with Crippen LogP contribution >= 0.6 is 11.5 Å². The monoisotopic (exact) mass is 222 g/mol. The van der Waals surface area contributed by atoms with Crippen LogP contribution in [0.3, 0.4) is 0 Å². The standard InChI is InChI=1S/C9H10N4OS/c1-6-2-9(3-6,5-10)8(14)12-7-4-11-13-15-7/h4,6H,2-3H2,1H3,(H,12,14). The lowest BCUT2D eigenvalue weighted by molar-refractivity contribution is -0.128. The van der Waals surface area contributed by atoms with E-state index in [9.17, 15) is 4.79 Å². The number of hydrogen-bond acceptors (Lipinski definition) is 5. The van der Waals surface area contributed by atoms with E-state index in [4.69, 9.17) is 5.26 Å². The van der Waals surface area contributed by atoms with E-state index in [1.807, 2.05) is 6.92 Å². The number of nitrogens with one attached hydrogen (secondary N) is 1. The Balaban J connectivity index is 2.05. The van der Waals surface area contributed by atoms with Crippen LogP contribution in [0.1, 0.15) is 19.8 Å². The Morgan fingerprint density at radius 1 is 1.80 bits per heavy atom. The fraction of sp³-hybridized carbons (Fsp3) is 0.556. The first-order valence-electron chi connectivity index (χ1n) is 4.66. The first-order chi connectivity index (χ1) is 7.16. The van der Waals surface area contributed by atoms with Gasteiger partial charge in [-0.2, -0.15) is 5.26 Å². The Labute approximate surface area is 91.3 Å². The summed E-state index contributed by atoms with van der Waals surface area (Å²) in [7, 11) is 0. The Hall–Kier alpha value is -1.48. The van der Waals surface area contributed by atoms with Gasteiger partial charge < -0.3 is 5.32 Å². The summed E-state index contributed by atoms with van der Waals surface area (Å²) in [5.41, 5.74) is -0.830. The van der Waals surface area contributed by atoms with Crippen LogP contribution < -0.4 is 5.32 Å². The van der Waals surface area contributed by atoms with Crippen molar-refractivity contribution in [1.29, 1.82) is 5.26 Å². The molecule has 0 radical (unpaired) electrons. The highest BCUT2D eigenvalue weighted by Gasteiger charge is 2.49. The second-order valence-corrected chi connectivity index (χ2v) is 4.73. The molecular formula is C9H10N4OS. The molecule has 0 aromatic carbocycles. The summed E-state index contributed by atoms with van der Waals surface area (Å²) in [4.78, 5) is 11.8. The van der Waals surface area contributed by atoms with E-state index < -0.39 is 5.41 Å². The van der Waals surface area contributed by atoms with Crippen molar-refractivity contribution in [3.8, 4) is 6.07 Å². The summed E-state index contributed by atoms with van der Waals surface area (Å²) in [6.07, 6.45) is 2.76. The average molecular weight is 222 g/mol. The van der Waals surface area contributed by atoms with Crippen LogP contribution in [-0.2, 0) is 4.79 Å². The van der Waals surface area contributed by atoms with Crippen LogP contribution in [0.5, 0.6) is 0 Å². The van der Waals surface area contributed by atoms with Gasteiger partial charge in [-0.3, -0.25) is 4.79 Å². The van der Waals surface area contributed by atoms with Gasteiger partial charge in [0.2, 0.25) is 5.91 Å². The summed E-state index contributed by atoms with van der Waals surface area (Å²) < 4.78 is 3.64. The van der Waals surface area contributed by atoms with E-state index in [0.717, 1.165) is 11.5 Å². The lowest BCUT2D eigenvalue weighted by Gasteiger charge is -2.38. The molecule has 1 N–H and O–H groups in total. The molecule has 1 aliphatic rings. The summed E-state index contributed by atoms with van der Waals surface area (Å²) in [5, 5.41) is 15.9. The Kier molecular flexibility index (Phi) is 2.40. The number of nitrogens with zero attached hydrogens (tertiary/aromatic N) is 3. The molecule has 1 aliphatic carbocycles. The molecular weight excluding hydrogens is 212 g/mol. The average Bonchev–Trinajstić information content (AvgIpc) is 2.64. The molecule has 1 aromatic rings. The van der Waals surface area contributed by atoms with Gasteiger partial charge in [-0.1, -0.05) is 11.4 Å². The van der Waals surface area contributed by atoms with E-state index in [-0.39, 0.29) is 5.91 Å². The maximum absolute atomic E-state index is 11.8. The highest BCUT2D eigenvalue weighted by molar-refractivity contribution is 7.10. The number of anilines is 1. The largest absolute Gasteiger partial charge is 0.314 e. The van der Waals surface area contributed by atoms with Crippen molar-refractivity contribution in [2.75, 3.05) is 5.32 Å². The van der Waals surface area contributed by atoms with E-state index in [1.165, 1.54) is 6.20 Å². The van der Waals surface area contributed by atoms with Gasteiger partial charge in [0.25, 0.3) is 0 Å². The van der Waals surface area contributed by atoms with Gasteiger partial charge in [-0.05, 0) is 18.8 Å². The Bertz CT molecular complexity index is 402. The van der Waals surface area contributed by atoms with E-state index in [0.29, 0.717) is 23.8 Å². The van der Waals surface area contributed by atoms with Crippen molar-refractivity contribution < 1.29 is 4.79 Å². The van der Waals surface area contributed by atoms with Crippen LogP contribution in [0, 0.1) is 22.7 Å². The van der Waals surface area contributed by atoms with Crippen LogP contribution in [0.2, 0.25) is 0 Å². The third-order valence-corrected chi connectivity index (χ3v) is 3.22. The van der Waals surface area contributed by atoms with Gasteiger partial charge in [0, 0.05) is 11.5 Å². The van der Waals surface area contributed by atoms with Crippen molar-refractivity contribution in [2.24, 2.45) is 11.3 Å². The lowest BCUT2D eigenvalue weighted by atomic mass is 9.63. The predicted molar refractivity (Wildman–Crippen MR) is 55.0 cm³/mol. The first kappa shape index (κ1) is 10.1. The van der Waals surface area contributed by atoms with Crippen LogP contribution in [0.4, 0.5) is 5.00 Å². The molecule has 78 valence electrons. The molecule has 0 spiro atoms. The van der Waals surface area contributed by atoms with Gasteiger partial charge in [0.15, 0.2) is 0 Å². The van der Waals surface area contributed by atoms with Gasteiger partial charge in [-0.25, -0.2) is 0 Å². The highest BCUT2D eigenvalue weighted by atomic mass is 32.1. The number of carbonyl (C=O) groups excluding carboxylic acids is 1. The van der Waals surface area contributed by atoms with Crippen molar-refractivity contribution in [2.45, 2.75) is 19.8 Å². The number of rotatable bonds is 2. The number of carbonyl (C=O) groups is 1. The molecule has 0 atom stereocenters. The molecule has 1 saturated carbocycles. The smallest absolute Gasteiger partial charge is 0.245 e. The van der Waals surface area contributed by atoms with Gasteiger partial charge in [-0.15, -0.1) is 5.10 Å². The summed E-state index contributed by atoms with van der Waals surface area (Å²) >= 11 is 1.11. The molecule has 1 aromatic heterocycles. The maximum Gasteiger partial charge on any atom is 0.245 e. The maximum atomic E-state index is 11.8. The molecule has 5 nitrogen and oxygen atoms in total. The third kappa shape index (κ3) is 1.70. The quantitative estimate of drug-likeness (QED) is 0.820. The zero-order valence-electron chi connectivity index (χ0n) is 8.23. The molecule has 0 saturated heterocycles. The highest BCUT2D eigenvalue weighted by Crippen LogP contribution is 2.45. The first-order valence-corrected chi connectivity index (χ1v) is 5.44. The normalized spacial score (nSPS) is 28.9. The summed E-state index contributed by atoms with van der Waals surface area (Å²) in [6.45, 7) is 2.04. The number of aromatic nitrogens is 2. The van der Waals surface area contributed by atoms with E-state index in [1.54, 1.807) is 0 Å². The van der Waals surface area contributed by atoms with Crippen LogP contribution in [0.25, 0.3) is 0 Å². The lowest BCUT2D eigenvalue weighted by Crippen LogP contribution is -2.44. The minimum Gasteiger partial charge on any atom is -0.314 e. The van der Waals surface area contributed by atoms with Crippen molar-refractivity contribution >= 4 is 22.4 Å². The van der Waals surface area contributed by atoms with Crippen LogP contribution in [-0.4, -0.2) is 15.5 Å². The summed E-state index contributed by atoms with van der Waals surface area (Å²) in [5.74, 6) is 0.226. The minimum atomic E-state index is -0.830. The zero-order valence-corrected chi connectivity index (χ0v) is 9.04. The van der Waals surface area contributed by atoms with Crippen molar-refractivity contribution in [3.63, 3.8) is 0 Å². The van der Waals surface area contributed by atoms with Crippen molar-refractivity contribution in [1.82, 2.24) is 9.59 Å². The summed E-state index contributed by atoms with van der Waals surface area (Å²) in [6, 6.07) is 2.11. The molecule has 6 heteroatoms. The number of nitriles is 1. The van der Waals surface area contributed by atoms with E-state index >= 15 is 0 Å². The molecule has 2 rings (SSSR count). The zero-order chi connectivity index (χ0) is 10.9. The topological polar surface area (TPSA) is 78.7 Å². The molecule has 1 fully saturated rings. The Morgan fingerprint density at radius 2 is 2.53 bits per heavy atom. The number of amides is 1. The Morgan fingerprint density at radius 3 is 3.00 bits per heavy atom. The van der Waals surface area contributed by atoms with E-state index in [2.05, 4.69) is 21.0 Å². The fourth-order valence-corrected chi connectivity index (χ4v) is 2.33. The minimum absolute atomic E-state index is 0.228. The SMILES string of the molecule is CC1CC(C#N)(C(=O)Nc2cnns2)C1.